The normalized spacial score (nSPS) is 13.7. The summed E-state index contributed by atoms with van der Waals surface area (Å²) in [6.07, 6.45) is 2.09. The van der Waals surface area contributed by atoms with Crippen molar-refractivity contribution < 1.29 is 13.6 Å². The highest BCUT2D eigenvalue weighted by Gasteiger charge is 2.28. The topological polar surface area (TPSA) is 80.5 Å². The number of H-pyrrole nitrogens is 1. The molecule has 0 bridgehead atoms. The monoisotopic (exact) mass is 404 g/mol. The largest absolute Gasteiger partial charge is 0.345 e. The molecule has 1 aromatic carbocycles. The maximum atomic E-state index is 14.1. The van der Waals surface area contributed by atoms with E-state index < -0.39 is 11.6 Å². The predicted molar refractivity (Wildman–Crippen MR) is 99.8 cm³/mol. The Balaban J connectivity index is 1.58. The molecule has 0 atom stereocenters. The number of nitrogens with one attached hydrogen (secondary N) is 2. The Morgan fingerprint density at radius 3 is 2.79 bits per heavy atom. The summed E-state index contributed by atoms with van der Waals surface area (Å²) in [5.41, 5.74) is 1.33. The molecular formula is C18H18F2N6OS. The predicted octanol–water partition coefficient (Wildman–Crippen LogP) is 3.29. The lowest BCUT2D eigenvalue weighted by molar-refractivity contribution is 0.0948. The molecule has 0 unspecified atom stereocenters. The molecule has 2 N–H and O–H groups in total. The van der Waals surface area contributed by atoms with Gasteiger partial charge in [-0.25, -0.2) is 13.5 Å². The van der Waals surface area contributed by atoms with Crippen molar-refractivity contribution in [2.45, 2.75) is 39.3 Å². The van der Waals surface area contributed by atoms with Crippen molar-refractivity contribution in [3.05, 3.63) is 57.4 Å². The number of carbonyl (C=O) groups excluding carboxylic acids is 1. The first-order chi connectivity index (χ1) is 13.4. The van der Waals surface area contributed by atoms with E-state index in [9.17, 15) is 13.6 Å². The van der Waals surface area contributed by atoms with Gasteiger partial charge in [0.15, 0.2) is 16.4 Å². The van der Waals surface area contributed by atoms with Gasteiger partial charge in [-0.1, -0.05) is 0 Å². The summed E-state index contributed by atoms with van der Waals surface area (Å²) in [6.45, 7) is 3.54. The number of rotatable bonds is 5. The van der Waals surface area contributed by atoms with E-state index in [1.807, 2.05) is 4.57 Å². The molecule has 0 radical (unpaired) electrons. The Morgan fingerprint density at radius 2 is 2.11 bits per heavy atom. The van der Waals surface area contributed by atoms with Crippen molar-refractivity contribution >= 4 is 18.1 Å². The first-order valence-electron chi connectivity index (χ1n) is 8.82. The molecule has 2 aromatic heterocycles. The van der Waals surface area contributed by atoms with Crippen LogP contribution in [0, 0.1) is 30.3 Å². The van der Waals surface area contributed by atoms with Crippen LogP contribution in [-0.4, -0.2) is 30.5 Å². The van der Waals surface area contributed by atoms with E-state index in [1.165, 1.54) is 10.7 Å². The van der Waals surface area contributed by atoms with Gasteiger partial charge in [-0.05, 0) is 51.0 Å². The Morgan fingerprint density at radius 1 is 1.36 bits per heavy atom. The molecule has 0 saturated heterocycles. The summed E-state index contributed by atoms with van der Waals surface area (Å²) in [6, 6.07) is 3.56. The molecule has 0 aliphatic heterocycles. The van der Waals surface area contributed by atoms with Crippen molar-refractivity contribution in [1.82, 2.24) is 29.9 Å². The van der Waals surface area contributed by atoms with Gasteiger partial charge in [0.1, 0.15) is 11.5 Å². The molecule has 2 heterocycles. The number of aromatic amines is 1. The number of benzene rings is 1. The molecule has 1 fully saturated rings. The lowest BCUT2D eigenvalue weighted by Gasteiger charge is -2.08. The van der Waals surface area contributed by atoms with E-state index in [1.54, 1.807) is 13.8 Å². The third kappa shape index (κ3) is 3.24. The maximum Gasteiger partial charge on any atom is 0.255 e. The van der Waals surface area contributed by atoms with Crippen LogP contribution in [0.3, 0.4) is 0 Å². The van der Waals surface area contributed by atoms with Gasteiger partial charge >= 0.3 is 0 Å². The van der Waals surface area contributed by atoms with E-state index in [2.05, 4.69) is 20.6 Å². The smallest absolute Gasteiger partial charge is 0.255 e. The lowest BCUT2D eigenvalue weighted by atomic mass is 10.2. The van der Waals surface area contributed by atoms with Gasteiger partial charge in [-0.2, -0.15) is 10.2 Å². The highest BCUT2D eigenvalue weighted by atomic mass is 32.1. The summed E-state index contributed by atoms with van der Waals surface area (Å²) in [5, 5.41) is 14.0. The molecule has 7 nitrogen and oxygen atoms in total. The molecule has 0 spiro atoms. The first kappa shape index (κ1) is 18.5. The van der Waals surface area contributed by atoms with Gasteiger partial charge in [0, 0.05) is 12.1 Å². The summed E-state index contributed by atoms with van der Waals surface area (Å²) in [7, 11) is 0. The zero-order chi connectivity index (χ0) is 20.0. The van der Waals surface area contributed by atoms with Crippen LogP contribution in [0.4, 0.5) is 8.78 Å². The number of halogens is 2. The number of nitrogens with zero attached hydrogens (tertiary/aromatic N) is 4. The minimum absolute atomic E-state index is 0.0793. The second-order valence-corrected chi connectivity index (χ2v) is 7.17. The number of aromatic nitrogens is 5. The number of aryl methyl sites for hydroxylation is 1. The zero-order valence-electron chi connectivity index (χ0n) is 15.3. The summed E-state index contributed by atoms with van der Waals surface area (Å²) < 4.78 is 31.1. The molecule has 1 aliphatic carbocycles. The molecule has 4 rings (SSSR count). The average Bonchev–Trinajstić information content (AvgIpc) is 3.34. The van der Waals surface area contributed by atoms with Crippen LogP contribution in [0.15, 0.2) is 18.2 Å². The third-order valence-electron chi connectivity index (χ3n) is 4.75. The third-order valence-corrected chi connectivity index (χ3v) is 5.04. The van der Waals surface area contributed by atoms with Crippen molar-refractivity contribution in [1.29, 1.82) is 0 Å². The van der Waals surface area contributed by atoms with Crippen molar-refractivity contribution in [2.75, 3.05) is 0 Å². The molecule has 146 valence electrons. The molecule has 3 aromatic rings. The van der Waals surface area contributed by atoms with Gasteiger partial charge in [0.05, 0.1) is 23.5 Å². The van der Waals surface area contributed by atoms with Gasteiger partial charge in [-0.3, -0.25) is 14.5 Å². The Labute approximate surface area is 164 Å². The fraction of sp³-hybridized carbons (Fsp3) is 0.333. The Hall–Kier alpha value is -2.88. The van der Waals surface area contributed by atoms with E-state index in [-0.39, 0.29) is 18.1 Å². The molecule has 1 aliphatic rings. The van der Waals surface area contributed by atoms with E-state index in [0.717, 1.165) is 25.0 Å². The molecule has 28 heavy (non-hydrogen) atoms. The Kier molecular flexibility index (Phi) is 4.58. The van der Waals surface area contributed by atoms with Crippen molar-refractivity contribution in [3.63, 3.8) is 0 Å². The van der Waals surface area contributed by atoms with Crippen LogP contribution < -0.4 is 5.32 Å². The summed E-state index contributed by atoms with van der Waals surface area (Å²) in [5.74, 6) is -1.12. The minimum Gasteiger partial charge on any atom is -0.345 e. The Bertz CT molecular complexity index is 1130. The molecule has 1 saturated carbocycles. The van der Waals surface area contributed by atoms with Crippen LogP contribution >= 0.6 is 12.2 Å². The number of hydrogen-bond acceptors (Lipinski definition) is 4. The summed E-state index contributed by atoms with van der Waals surface area (Å²) >= 11 is 5.24. The first-order valence-corrected chi connectivity index (χ1v) is 9.23. The fourth-order valence-corrected chi connectivity index (χ4v) is 3.58. The van der Waals surface area contributed by atoms with Gasteiger partial charge < -0.3 is 5.32 Å². The minimum atomic E-state index is -0.752. The second kappa shape index (κ2) is 6.93. The fourth-order valence-electron chi connectivity index (χ4n) is 3.28. The molecular weight excluding hydrogens is 386 g/mol. The van der Waals surface area contributed by atoms with Gasteiger partial charge in [0.25, 0.3) is 5.91 Å². The standard InChI is InChI=1S/C18H18F2N6OS/c1-9-16(10(2)26(24-9)14-6-3-11(19)7-13(14)20)17(27)21-8-15-22-23-18(28)25(15)12-4-5-12/h3,6-7,12H,4-5,8H2,1-2H3,(H,21,27)(H,23,28). The lowest BCUT2D eigenvalue weighted by Crippen LogP contribution is -2.25. The van der Waals surface area contributed by atoms with E-state index in [0.29, 0.717) is 33.6 Å². The van der Waals surface area contributed by atoms with Crippen LogP contribution in [-0.2, 0) is 6.54 Å². The average molecular weight is 404 g/mol. The van der Waals surface area contributed by atoms with Crippen LogP contribution in [0.25, 0.3) is 5.69 Å². The SMILES string of the molecule is Cc1nn(-c2ccc(F)cc2F)c(C)c1C(=O)NCc1n[nH]c(=S)n1C1CC1. The van der Waals surface area contributed by atoms with Gasteiger partial charge in [0.2, 0.25) is 0 Å². The van der Waals surface area contributed by atoms with Gasteiger partial charge in [-0.15, -0.1) is 0 Å². The van der Waals surface area contributed by atoms with Crippen LogP contribution in [0.5, 0.6) is 0 Å². The highest BCUT2D eigenvalue weighted by molar-refractivity contribution is 7.71. The second-order valence-electron chi connectivity index (χ2n) is 6.78. The zero-order valence-corrected chi connectivity index (χ0v) is 16.1. The van der Waals surface area contributed by atoms with Crippen LogP contribution in [0.1, 0.15) is 46.5 Å². The molecule has 10 heteroatoms. The number of amides is 1. The molecule has 1 amide bonds. The maximum absolute atomic E-state index is 14.1. The van der Waals surface area contributed by atoms with Crippen molar-refractivity contribution in [2.24, 2.45) is 0 Å². The highest BCUT2D eigenvalue weighted by Crippen LogP contribution is 2.35. The van der Waals surface area contributed by atoms with E-state index in [4.69, 9.17) is 12.2 Å². The van der Waals surface area contributed by atoms with E-state index >= 15 is 0 Å². The summed E-state index contributed by atoms with van der Waals surface area (Å²) in [4.78, 5) is 12.8. The van der Waals surface area contributed by atoms with Crippen molar-refractivity contribution in [3.8, 4) is 5.69 Å². The number of carbonyl (C=O) groups is 1. The quantitative estimate of drug-likeness (QED) is 0.640. The number of hydrogen-bond donors (Lipinski definition) is 2. The van der Waals surface area contributed by atoms with Crippen LogP contribution in [0.2, 0.25) is 0 Å².